The van der Waals surface area contributed by atoms with Gasteiger partial charge in [0.2, 0.25) is 6.79 Å². The number of rotatable bonds is 5. The maximum Gasteiger partial charge on any atom is 0.314 e. The normalized spacial score (nSPS) is 12.3. The van der Waals surface area contributed by atoms with Gasteiger partial charge in [0.25, 0.3) is 5.22 Å². The highest BCUT2D eigenvalue weighted by Gasteiger charge is 2.21. The Kier molecular flexibility index (Phi) is 4.07. The van der Waals surface area contributed by atoms with Crippen molar-refractivity contribution in [1.29, 1.82) is 0 Å². The standard InChI is InChI=1S/C18H13NO5S/c20-15(21)9-25-18-19-16(17(24-18)11-4-2-1-3-5-11)12-6-7-13-14(8-12)23-10-22-13/h1-8H,9-10H2,(H,20,21). The largest absolute Gasteiger partial charge is 0.481 e. The molecule has 1 N–H and O–H groups in total. The molecule has 1 aliphatic heterocycles. The summed E-state index contributed by atoms with van der Waals surface area (Å²) in [5.41, 5.74) is 2.32. The second kappa shape index (κ2) is 6.52. The van der Waals surface area contributed by atoms with E-state index in [-0.39, 0.29) is 12.5 Å². The van der Waals surface area contributed by atoms with Crippen molar-refractivity contribution in [2.24, 2.45) is 0 Å². The zero-order chi connectivity index (χ0) is 17.2. The molecule has 0 amide bonds. The van der Waals surface area contributed by atoms with Gasteiger partial charge in [-0.25, -0.2) is 4.98 Å². The topological polar surface area (TPSA) is 81.8 Å². The summed E-state index contributed by atoms with van der Waals surface area (Å²) >= 11 is 1.05. The van der Waals surface area contributed by atoms with Crippen LogP contribution in [0.1, 0.15) is 0 Å². The smallest absolute Gasteiger partial charge is 0.314 e. The summed E-state index contributed by atoms with van der Waals surface area (Å²) in [6.45, 7) is 0.197. The summed E-state index contributed by atoms with van der Waals surface area (Å²) in [4.78, 5) is 15.3. The zero-order valence-electron chi connectivity index (χ0n) is 13.0. The third kappa shape index (κ3) is 3.18. The minimum atomic E-state index is -0.922. The lowest BCUT2D eigenvalue weighted by Crippen LogP contribution is -1.97. The number of hydrogen-bond acceptors (Lipinski definition) is 6. The molecule has 0 bridgehead atoms. The van der Waals surface area contributed by atoms with Crippen LogP contribution in [0.3, 0.4) is 0 Å². The quantitative estimate of drug-likeness (QED) is 0.695. The van der Waals surface area contributed by atoms with Gasteiger partial charge < -0.3 is 19.0 Å². The first kappa shape index (κ1) is 15.6. The molecule has 0 saturated carbocycles. The fourth-order valence-corrected chi connectivity index (χ4v) is 3.06. The lowest BCUT2D eigenvalue weighted by atomic mass is 10.1. The second-order valence-corrected chi connectivity index (χ2v) is 6.20. The van der Waals surface area contributed by atoms with Gasteiger partial charge in [0.1, 0.15) is 11.4 Å². The van der Waals surface area contributed by atoms with E-state index >= 15 is 0 Å². The Morgan fingerprint density at radius 1 is 1.08 bits per heavy atom. The van der Waals surface area contributed by atoms with E-state index in [0.29, 0.717) is 28.2 Å². The molecule has 3 aromatic rings. The lowest BCUT2D eigenvalue weighted by Gasteiger charge is -2.03. The Bertz CT molecular complexity index is 922. The number of carboxylic acids is 1. The number of aliphatic carboxylic acids is 1. The van der Waals surface area contributed by atoms with E-state index in [1.807, 2.05) is 48.5 Å². The third-order valence-corrected chi connectivity index (χ3v) is 4.42. The highest BCUT2D eigenvalue weighted by Crippen LogP contribution is 2.40. The maximum atomic E-state index is 10.8. The van der Waals surface area contributed by atoms with Gasteiger partial charge >= 0.3 is 5.97 Å². The van der Waals surface area contributed by atoms with Crippen molar-refractivity contribution >= 4 is 17.7 Å². The number of hydrogen-bond donors (Lipinski definition) is 1. The number of ether oxygens (including phenoxy) is 2. The molecule has 4 rings (SSSR count). The minimum absolute atomic E-state index is 0.116. The van der Waals surface area contributed by atoms with E-state index in [1.54, 1.807) is 0 Å². The Balaban J connectivity index is 1.78. The average molecular weight is 355 g/mol. The van der Waals surface area contributed by atoms with Crippen molar-refractivity contribution in [2.75, 3.05) is 12.5 Å². The number of benzene rings is 2. The van der Waals surface area contributed by atoms with E-state index in [0.717, 1.165) is 22.9 Å². The summed E-state index contributed by atoms with van der Waals surface area (Å²) in [6, 6.07) is 15.1. The lowest BCUT2D eigenvalue weighted by molar-refractivity contribution is -0.133. The number of thioether (sulfide) groups is 1. The summed E-state index contributed by atoms with van der Waals surface area (Å²) in [5, 5.41) is 9.18. The molecule has 0 aliphatic carbocycles. The number of fused-ring (bicyclic) bond motifs is 1. The fourth-order valence-electron chi connectivity index (χ4n) is 2.51. The number of carbonyl (C=O) groups is 1. The van der Waals surface area contributed by atoms with Crippen molar-refractivity contribution in [3.63, 3.8) is 0 Å². The van der Waals surface area contributed by atoms with Crippen LogP contribution in [0, 0.1) is 0 Å². The van der Waals surface area contributed by atoms with Crippen LogP contribution >= 0.6 is 11.8 Å². The number of aromatic nitrogens is 1. The van der Waals surface area contributed by atoms with Crippen molar-refractivity contribution in [3.8, 4) is 34.1 Å². The van der Waals surface area contributed by atoms with Crippen LogP contribution in [0.5, 0.6) is 11.5 Å². The van der Waals surface area contributed by atoms with Crippen molar-refractivity contribution < 1.29 is 23.8 Å². The predicted octanol–water partition coefficient (Wildman–Crippen LogP) is 3.91. The van der Waals surface area contributed by atoms with Gasteiger partial charge in [-0.2, -0.15) is 0 Å². The van der Waals surface area contributed by atoms with Crippen molar-refractivity contribution in [3.05, 3.63) is 48.5 Å². The molecule has 1 aromatic heterocycles. The number of nitrogens with zero attached hydrogens (tertiary/aromatic N) is 1. The van der Waals surface area contributed by atoms with E-state index in [9.17, 15) is 4.79 Å². The second-order valence-electron chi connectivity index (χ2n) is 5.27. The monoisotopic (exact) mass is 355 g/mol. The van der Waals surface area contributed by atoms with Gasteiger partial charge in [-0.1, -0.05) is 42.1 Å². The molecular weight excluding hydrogens is 342 g/mol. The van der Waals surface area contributed by atoms with Gasteiger partial charge in [0.05, 0.1) is 0 Å². The van der Waals surface area contributed by atoms with Crippen LogP contribution in [0.25, 0.3) is 22.6 Å². The van der Waals surface area contributed by atoms with Gasteiger partial charge in [0, 0.05) is 11.1 Å². The Hall–Kier alpha value is -2.93. The van der Waals surface area contributed by atoms with Crippen LogP contribution in [-0.4, -0.2) is 28.6 Å². The van der Waals surface area contributed by atoms with Crippen LogP contribution < -0.4 is 9.47 Å². The highest BCUT2D eigenvalue weighted by molar-refractivity contribution is 7.99. The Morgan fingerprint density at radius 2 is 1.88 bits per heavy atom. The molecule has 0 radical (unpaired) electrons. The highest BCUT2D eigenvalue weighted by atomic mass is 32.2. The van der Waals surface area contributed by atoms with E-state index in [4.69, 9.17) is 19.0 Å². The molecule has 2 aromatic carbocycles. The molecule has 0 unspecified atom stereocenters. The first-order valence-corrected chi connectivity index (χ1v) is 8.50. The maximum absolute atomic E-state index is 10.8. The van der Waals surface area contributed by atoms with Crippen LogP contribution in [0.4, 0.5) is 0 Å². The molecule has 0 atom stereocenters. The molecule has 0 saturated heterocycles. The van der Waals surface area contributed by atoms with Gasteiger partial charge in [-0.05, 0) is 18.2 Å². The SMILES string of the molecule is O=C(O)CSc1nc(-c2ccc3c(c2)OCO3)c(-c2ccccc2)o1. The van der Waals surface area contributed by atoms with E-state index in [1.165, 1.54) is 0 Å². The summed E-state index contributed by atoms with van der Waals surface area (Å²) in [5.74, 6) is 0.893. The first-order valence-electron chi connectivity index (χ1n) is 7.51. The van der Waals surface area contributed by atoms with Gasteiger partial charge in [-0.15, -0.1) is 0 Å². The predicted molar refractivity (Wildman–Crippen MR) is 91.9 cm³/mol. The van der Waals surface area contributed by atoms with E-state index in [2.05, 4.69) is 4.98 Å². The molecule has 6 nitrogen and oxygen atoms in total. The Labute approximate surface area is 147 Å². The first-order chi connectivity index (χ1) is 12.2. The van der Waals surface area contributed by atoms with Gasteiger partial charge in [-0.3, -0.25) is 4.79 Å². The molecule has 7 heteroatoms. The average Bonchev–Trinajstić information content (AvgIpc) is 3.27. The van der Waals surface area contributed by atoms with Gasteiger partial charge in [0.15, 0.2) is 17.3 Å². The summed E-state index contributed by atoms with van der Waals surface area (Å²) < 4.78 is 16.6. The molecule has 0 fully saturated rings. The molecule has 1 aliphatic rings. The minimum Gasteiger partial charge on any atom is -0.481 e. The molecule has 2 heterocycles. The summed E-state index contributed by atoms with van der Waals surface area (Å²) in [7, 11) is 0. The van der Waals surface area contributed by atoms with Crippen LogP contribution in [0.2, 0.25) is 0 Å². The van der Waals surface area contributed by atoms with Crippen molar-refractivity contribution in [2.45, 2.75) is 5.22 Å². The molecule has 25 heavy (non-hydrogen) atoms. The van der Waals surface area contributed by atoms with Crippen LogP contribution in [0.15, 0.2) is 58.2 Å². The third-order valence-electron chi connectivity index (χ3n) is 3.61. The Morgan fingerprint density at radius 3 is 2.68 bits per heavy atom. The van der Waals surface area contributed by atoms with Crippen molar-refractivity contribution in [1.82, 2.24) is 4.98 Å². The molecule has 126 valence electrons. The zero-order valence-corrected chi connectivity index (χ0v) is 13.8. The van der Waals surface area contributed by atoms with E-state index < -0.39 is 5.97 Å². The fraction of sp³-hybridized carbons (Fsp3) is 0.111. The molecule has 0 spiro atoms. The number of oxazole rings is 1. The van der Waals surface area contributed by atoms with Crippen LogP contribution in [-0.2, 0) is 4.79 Å². The summed E-state index contributed by atoms with van der Waals surface area (Å²) in [6.07, 6.45) is 0. The molecular formula is C18H13NO5S. The number of carboxylic acid groups (broad SMARTS) is 1.